The maximum atomic E-state index is 6.40. The smallest absolute Gasteiger partial charge is 0.220 e. The van der Waals surface area contributed by atoms with Crippen LogP contribution in [0.1, 0.15) is 37.7 Å². The molecule has 2 aliphatic rings. The van der Waals surface area contributed by atoms with Gasteiger partial charge in [0.15, 0.2) is 0 Å². The minimum atomic E-state index is -0.439. The Kier molecular flexibility index (Phi) is 3.53. The van der Waals surface area contributed by atoms with Gasteiger partial charge in [-0.3, -0.25) is 4.90 Å². The van der Waals surface area contributed by atoms with E-state index in [0.717, 1.165) is 36.9 Å². The van der Waals surface area contributed by atoms with Crippen LogP contribution in [0, 0.1) is 6.92 Å². The monoisotopic (exact) mass is 305 g/mol. The summed E-state index contributed by atoms with van der Waals surface area (Å²) in [6, 6.07) is 5.89. The van der Waals surface area contributed by atoms with E-state index >= 15 is 0 Å². The molecule has 3 rings (SSSR count). The molecule has 0 unspecified atom stereocenters. The second-order valence-electron chi connectivity index (χ2n) is 5.77. The van der Waals surface area contributed by atoms with Crippen LogP contribution in [0.5, 0.6) is 0 Å². The Morgan fingerprint density at radius 1 is 1.19 bits per heavy atom. The fourth-order valence-corrected chi connectivity index (χ4v) is 3.47. The van der Waals surface area contributed by atoms with Gasteiger partial charge >= 0.3 is 0 Å². The Hall–Kier alpha value is -1.75. The van der Waals surface area contributed by atoms with Gasteiger partial charge in [0.1, 0.15) is 5.66 Å². The summed E-state index contributed by atoms with van der Waals surface area (Å²) in [6.07, 6.45) is 5.24. The molecule has 1 aliphatic carbocycles. The lowest BCUT2D eigenvalue weighted by atomic mass is 9.87. The first-order chi connectivity index (χ1) is 10.0. The maximum Gasteiger partial charge on any atom is 0.220 e. The second-order valence-corrected chi connectivity index (χ2v) is 6.18. The van der Waals surface area contributed by atoms with Crippen LogP contribution in [-0.4, -0.2) is 17.6 Å². The predicted octanol–water partition coefficient (Wildman–Crippen LogP) is 2.76. The third-order valence-electron chi connectivity index (χ3n) is 4.19. The van der Waals surface area contributed by atoms with Gasteiger partial charge in [-0.05, 0) is 50.3 Å². The Morgan fingerprint density at radius 2 is 1.90 bits per heavy atom. The van der Waals surface area contributed by atoms with E-state index in [-0.39, 0.29) is 5.96 Å². The van der Waals surface area contributed by atoms with Gasteiger partial charge in [-0.2, -0.15) is 4.99 Å². The van der Waals surface area contributed by atoms with Crippen molar-refractivity contribution in [2.75, 3.05) is 4.90 Å². The molecule has 1 aromatic carbocycles. The van der Waals surface area contributed by atoms with Gasteiger partial charge in [-0.15, -0.1) is 0 Å². The number of rotatable bonds is 1. The van der Waals surface area contributed by atoms with Crippen LogP contribution in [0.15, 0.2) is 28.2 Å². The lowest BCUT2D eigenvalue weighted by molar-refractivity contribution is 0.305. The number of hydrogen-bond donors (Lipinski definition) is 2. The lowest BCUT2D eigenvalue weighted by Crippen LogP contribution is -2.58. The van der Waals surface area contributed by atoms with Crippen molar-refractivity contribution in [1.82, 2.24) is 0 Å². The quantitative estimate of drug-likeness (QED) is 0.837. The molecule has 21 heavy (non-hydrogen) atoms. The molecule has 112 valence electrons. The summed E-state index contributed by atoms with van der Waals surface area (Å²) >= 11 is 6.40. The number of anilines is 1. The molecule has 1 heterocycles. The molecule has 1 spiro atoms. The topological polar surface area (TPSA) is 80.0 Å². The van der Waals surface area contributed by atoms with Crippen molar-refractivity contribution in [2.45, 2.75) is 44.7 Å². The molecular weight excluding hydrogens is 286 g/mol. The molecule has 0 atom stereocenters. The van der Waals surface area contributed by atoms with Crippen LogP contribution in [0.25, 0.3) is 0 Å². The van der Waals surface area contributed by atoms with Gasteiger partial charge < -0.3 is 11.5 Å². The summed E-state index contributed by atoms with van der Waals surface area (Å²) in [4.78, 5) is 10.8. The molecule has 1 aliphatic heterocycles. The van der Waals surface area contributed by atoms with Crippen molar-refractivity contribution in [3.8, 4) is 0 Å². The van der Waals surface area contributed by atoms with Gasteiger partial charge in [0.05, 0.1) is 10.7 Å². The highest BCUT2D eigenvalue weighted by Gasteiger charge is 2.43. The number of hydrogen-bond acceptors (Lipinski definition) is 5. The van der Waals surface area contributed by atoms with Gasteiger partial charge in [0.25, 0.3) is 0 Å². The number of aliphatic imine (C=N–C) groups is 2. The molecule has 0 amide bonds. The lowest BCUT2D eigenvalue weighted by Gasteiger charge is -2.45. The molecular formula is C15H20ClN5. The standard InChI is InChI=1S/C15H20ClN5/c1-10-5-6-11(16)12(9-10)21-14(18)19-13(17)20-15(21)7-3-2-4-8-15/h5-6,9H,2-4,7-8H2,1H3,(H4,17,18,19,20). The number of guanidine groups is 2. The van der Waals surface area contributed by atoms with Crippen molar-refractivity contribution >= 4 is 29.2 Å². The third-order valence-corrected chi connectivity index (χ3v) is 4.51. The van der Waals surface area contributed by atoms with E-state index in [2.05, 4.69) is 9.98 Å². The van der Waals surface area contributed by atoms with Crippen molar-refractivity contribution in [1.29, 1.82) is 0 Å². The van der Waals surface area contributed by atoms with Crippen LogP contribution in [0.3, 0.4) is 0 Å². The molecule has 6 heteroatoms. The van der Waals surface area contributed by atoms with Gasteiger partial charge in [-0.25, -0.2) is 4.99 Å². The number of halogens is 1. The van der Waals surface area contributed by atoms with E-state index in [9.17, 15) is 0 Å². The first-order valence-electron chi connectivity index (χ1n) is 7.28. The SMILES string of the molecule is Cc1ccc(Cl)c(N2C(N)=NC(N)=NC23CCCCC3)c1. The number of nitrogens with zero attached hydrogens (tertiary/aromatic N) is 3. The van der Waals surface area contributed by atoms with Crippen molar-refractivity contribution in [2.24, 2.45) is 21.5 Å². The molecule has 0 bridgehead atoms. The summed E-state index contributed by atoms with van der Waals surface area (Å²) in [5.74, 6) is 0.631. The zero-order valence-corrected chi connectivity index (χ0v) is 12.9. The first-order valence-corrected chi connectivity index (χ1v) is 7.65. The average Bonchev–Trinajstić information content (AvgIpc) is 2.42. The summed E-state index contributed by atoms with van der Waals surface area (Å²) in [7, 11) is 0. The van der Waals surface area contributed by atoms with Crippen molar-refractivity contribution in [3.05, 3.63) is 28.8 Å². The Morgan fingerprint density at radius 3 is 2.62 bits per heavy atom. The van der Waals surface area contributed by atoms with Crippen molar-refractivity contribution < 1.29 is 0 Å². The fourth-order valence-electron chi connectivity index (χ4n) is 3.26. The number of nitrogens with two attached hydrogens (primary N) is 2. The molecule has 0 aromatic heterocycles. The van der Waals surface area contributed by atoms with Crippen LogP contribution < -0.4 is 16.4 Å². The van der Waals surface area contributed by atoms with E-state index in [1.165, 1.54) is 6.42 Å². The molecule has 1 fully saturated rings. The largest absolute Gasteiger partial charge is 0.369 e. The van der Waals surface area contributed by atoms with Gasteiger partial charge in [-0.1, -0.05) is 24.1 Å². The molecule has 5 nitrogen and oxygen atoms in total. The highest BCUT2D eigenvalue weighted by Crippen LogP contribution is 2.41. The first kappa shape index (κ1) is 14.2. The minimum Gasteiger partial charge on any atom is -0.369 e. The predicted molar refractivity (Wildman–Crippen MR) is 87.7 cm³/mol. The number of benzene rings is 1. The summed E-state index contributed by atoms with van der Waals surface area (Å²) in [5, 5.41) is 0.652. The molecule has 1 saturated carbocycles. The van der Waals surface area contributed by atoms with E-state index in [0.29, 0.717) is 11.0 Å². The Labute approximate surface area is 129 Å². The highest BCUT2D eigenvalue weighted by molar-refractivity contribution is 6.34. The van der Waals surface area contributed by atoms with Crippen LogP contribution >= 0.6 is 11.6 Å². The Bertz CT molecular complexity index is 616. The second kappa shape index (κ2) is 5.22. The molecule has 0 saturated heterocycles. The summed E-state index contributed by atoms with van der Waals surface area (Å²) in [5.41, 5.74) is 13.6. The number of aryl methyl sites for hydroxylation is 1. The zero-order valence-electron chi connectivity index (χ0n) is 12.1. The van der Waals surface area contributed by atoms with E-state index in [1.807, 2.05) is 30.0 Å². The Balaban J connectivity index is 2.13. The van der Waals surface area contributed by atoms with Crippen LogP contribution in [-0.2, 0) is 0 Å². The molecule has 4 N–H and O–H groups in total. The van der Waals surface area contributed by atoms with Crippen LogP contribution in [0.2, 0.25) is 5.02 Å². The fraction of sp³-hybridized carbons (Fsp3) is 0.467. The van der Waals surface area contributed by atoms with Crippen LogP contribution in [0.4, 0.5) is 5.69 Å². The van der Waals surface area contributed by atoms with E-state index in [1.54, 1.807) is 0 Å². The molecule has 0 radical (unpaired) electrons. The maximum absolute atomic E-state index is 6.40. The zero-order chi connectivity index (χ0) is 15.0. The average molecular weight is 306 g/mol. The summed E-state index contributed by atoms with van der Waals surface area (Å²) < 4.78 is 0. The van der Waals surface area contributed by atoms with Crippen molar-refractivity contribution in [3.63, 3.8) is 0 Å². The minimum absolute atomic E-state index is 0.259. The van der Waals surface area contributed by atoms with Gasteiger partial charge in [0.2, 0.25) is 11.9 Å². The molecule has 1 aromatic rings. The van der Waals surface area contributed by atoms with E-state index < -0.39 is 5.66 Å². The van der Waals surface area contributed by atoms with Gasteiger partial charge in [0, 0.05) is 0 Å². The highest BCUT2D eigenvalue weighted by atomic mass is 35.5. The van der Waals surface area contributed by atoms with E-state index in [4.69, 9.17) is 23.1 Å². The summed E-state index contributed by atoms with van der Waals surface area (Å²) in [6.45, 7) is 2.03. The third kappa shape index (κ3) is 2.46. The normalized spacial score (nSPS) is 21.1.